The Morgan fingerprint density at radius 2 is 1.47 bits per heavy atom. The van der Waals surface area contributed by atoms with Crippen LogP contribution in [0.5, 0.6) is 5.75 Å². The molecule has 0 bridgehead atoms. The van der Waals surface area contributed by atoms with Crippen molar-refractivity contribution in [3.05, 3.63) is 64.7 Å². The SMILES string of the molecule is Cc1cc(C)cc(OCCc2ccc(CN)cc2)c1. The Bertz CT molecular complexity index is 511. The molecule has 2 N–H and O–H groups in total. The van der Waals surface area contributed by atoms with Crippen LogP contribution < -0.4 is 10.5 Å². The fraction of sp³-hybridized carbons (Fsp3) is 0.294. The highest BCUT2D eigenvalue weighted by Crippen LogP contribution is 2.16. The van der Waals surface area contributed by atoms with Gasteiger partial charge in [-0.1, -0.05) is 30.3 Å². The van der Waals surface area contributed by atoms with Gasteiger partial charge in [0.25, 0.3) is 0 Å². The number of ether oxygens (including phenoxy) is 1. The number of rotatable bonds is 5. The number of benzene rings is 2. The number of nitrogens with two attached hydrogens (primary N) is 1. The Morgan fingerprint density at radius 1 is 0.895 bits per heavy atom. The normalized spacial score (nSPS) is 10.5. The number of aryl methyl sites for hydroxylation is 2. The molecule has 0 aliphatic heterocycles. The molecular formula is C17H21NO. The van der Waals surface area contributed by atoms with Gasteiger partial charge in [0, 0.05) is 13.0 Å². The summed E-state index contributed by atoms with van der Waals surface area (Å²) in [4.78, 5) is 0. The third-order valence-electron chi connectivity index (χ3n) is 3.11. The highest BCUT2D eigenvalue weighted by Gasteiger charge is 1.98. The minimum atomic E-state index is 0.597. The van der Waals surface area contributed by atoms with Gasteiger partial charge in [-0.05, 0) is 48.2 Å². The highest BCUT2D eigenvalue weighted by molar-refractivity contribution is 5.33. The summed E-state index contributed by atoms with van der Waals surface area (Å²) < 4.78 is 5.80. The van der Waals surface area contributed by atoms with Crippen molar-refractivity contribution in [2.75, 3.05) is 6.61 Å². The lowest BCUT2D eigenvalue weighted by atomic mass is 10.1. The predicted octanol–water partition coefficient (Wildman–Crippen LogP) is 3.38. The first-order valence-corrected chi connectivity index (χ1v) is 6.66. The van der Waals surface area contributed by atoms with Gasteiger partial charge < -0.3 is 10.5 Å². The molecule has 0 unspecified atom stereocenters. The fourth-order valence-corrected chi connectivity index (χ4v) is 2.14. The van der Waals surface area contributed by atoms with E-state index in [0.717, 1.165) is 12.2 Å². The summed E-state index contributed by atoms with van der Waals surface area (Å²) in [6, 6.07) is 14.7. The number of hydrogen-bond acceptors (Lipinski definition) is 2. The van der Waals surface area contributed by atoms with Gasteiger partial charge in [-0.25, -0.2) is 0 Å². The van der Waals surface area contributed by atoms with Crippen molar-refractivity contribution < 1.29 is 4.74 Å². The molecule has 2 rings (SSSR count). The lowest BCUT2D eigenvalue weighted by Crippen LogP contribution is -2.02. The zero-order chi connectivity index (χ0) is 13.7. The Morgan fingerprint density at radius 3 is 2.05 bits per heavy atom. The van der Waals surface area contributed by atoms with Gasteiger partial charge in [-0.15, -0.1) is 0 Å². The van der Waals surface area contributed by atoms with Gasteiger partial charge in [0.05, 0.1) is 6.61 Å². The van der Waals surface area contributed by atoms with Gasteiger partial charge in [0.15, 0.2) is 0 Å². The zero-order valence-electron chi connectivity index (χ0n) is 11.6. The fourth-order valence-electron chi connectivity index (χ4n) is 2.14. The monoisotopic (exact) mass is 255 g/mol. The van der Waals surface area contributed by atoms with E-state index in [0.29, 0.717) is 13.2 Å². The molecule has 0 aromatic heterocycles. The van der Waals surface area contributed by atoms with E-state index in [1.54, 1.807) is 0 Å². The molecule has 0 fully saturated rings. The minimum absolute atomic E-state index is 0.597. The van der Waals surface area contributed by atoms with E-state index in [-0.39, 0.29) is 0 Å². The first kappa shape index (κ1) is 13.6. The Labute approximate surface area is 115 Å². The lowest BCUT2D eigenvalue weighted by Gasteiger charge is -2.08. The maximum Gasteiger partial charge on any atom is 0.119 e. The van der Waals surface area contributed by atoms with E-state index in [4.69, 9.17) is 10.5 Å². The Kier molecular flexibility index (Phi) is 4.58. The lowest BCUT2D eigenvalue weighted by molar-refractivity contribution is 0.321. The van der Waals surface area contributed by atoms with E-state index in [1.165, 1.54) is 22.3 Å². The molecule has 2 aromatic carbocycles. The van der Waals surface area contributed by atoms with Crippen molar-refractivity contribution >= 4 is 0 Å². The summed E-state index contributed by atoms with van der Waals surface area (Å²) in [5.74, 6) is 0.955. The molecular weight excluding hydrogens is 234 g/mol. The molecule has 100 valence electrons. The largest absolute Gasteiger partial charge is 0.493 e. The van der Waals surface area contributed by atoms with Crippen LogP contribution in [0.25, 0.3) is 0 Å². The van der Waals surface area contributed by atoms with Crippen LogP contribution in [0.15, 0.2) is 42.5 Å². The average molecular weight is 255 g/mol. The second-order valence-corrected chi connectivity index (χ2v) is 4.94. The van der Waals surface area contributed by atoms with Crippen LogP contribution in [-0.2, 0) is 13.0 Å². The van der Waals surface area contributed by atoms with Gasteiger partial charge in [0.1, 0.15) is 5.75 Å². The summed E-state index contributed by atoms with van der Waals surface area (Å²) in [6.07, 6.45) is 0.915. The maximum atomic E-state index is 5.80. The van der Waals surface area contributed by atoms with Crippen LogP contribution >= 0.6 is 0 Å². The predicted molar refractivity (Wildman–Crippen MR) is 79.4 cm³/mol. The zero-order valence-corrected chi connectivity index (χ0v) is 11.6. The summed E-state index contributed by atoms with van der Waals surface area (Å²) in [5, 5.41) is 0. The first-order valence-electron chi connectivity index (χ1n) is 6.66. The van der Waals surface area contributed by atoms with Crippen molar-refractivity contribution in [1.29, 1.82) is 0 Å². The summed E-state index contributed by atoms with van der Waals surface area (Å²) >= 11 is 0. The van der Waals surface area contributed by atoms with Crippen LogP contribution in [-0.4, -0.2) is 6.61 Å². The van der Waals surface area contributed by atoms with Crippen molar-refractivity contribution in [3.8, 4) is 5.75 Å². The van der Waals surface area contributed by atoms with Gasteiger partial charge in [0.2, 0.25) is 0 Å². The third kappa shape index (κ3) is 4.11. The van der Waals surface area contributed by atoms with Crippen LogP contribution in [0.1, 0.15) is 22.3 Å². The van der Waals surface area contributed by atoms with Crippen molar-refractivity contribution in [3.63, 3.8) is 0 Å². The standard InChI is InChI=1S/C17H21NO/c1-13-9-14(2)11-17(10-13)19-8-7-15-3-5-16(12-18)6-4-15/h3-6,9-11H,7-8,12,18H2,1-2H3. The number of hydrogen-bond donors (Lipinski definition) is 1. The van der Waals surface area contributed by atoms with Crippen LogP contribution in [0.3, 0.4) is 0 Å². The van der Waals surface area contributed by atoms with Gasteiger partial charge >= 0.3 is 0 Å². The first-order chi connectivity index (χ1) is 9.17. The molecule has 0 spiro atoms. The molecule has 2 nitrogen and oxygen atoms in total. The van der Waals surface area contributed by atoms with Gasteiger partial charge in [-0.3, -0.25) is 0 Å². The molecule has 19 heavy (non-hydrogen) atoms. The molecule has 0 saturated heterocycles. The van der Waals surface area contributed by atoms with Crippen LogP contribution in [0, 0.1) is 13.8 Å². The van der Waals surface area contributed by atoms with Crippen molar-refractivity contribution in [1.82, 2.24) is 0 Å². The molecule has 2 heteroatoms. The Balaban J connectivity index is 1.88. The van der Waals surface area contributed by atoms with E-state index in [9.17, 15) is 0 Å². The Hall–Kier alpha value is -1.80. The minimum Gasteiger partial charge on any atom is -0.493 e. The molecule has 0 saturated carbocycles. The third-order valence-corrected chi connectivity index (χ3v) is 3.11. The molecule has 0 aliphatic rings. The van der Waals surface area contributed by atoms with Crippen LogP contribution in [0.2, 0.25) is 0 Å². The smallest absolute Gasteiger partial charge is 0.119 e. The summed E-state index contributed by atoms with van der Waals surface area (Å²) in [5.41, 5.74) is 10.5. The van der Waals surface area contributed by atoms with E-state index >= 15 is 0 Å². The molecule has 0 atom stereocenters. The van der Waals surface area contributed by atoms with Crippen LogP contribution in [0.4, 0.5) is 0 Å². The molecule has 0 aliphatic carbocycles. The molecule has 0 heterocycles. The molecule has 0 amide bonds. The van der Waals surface area contributed by atoms with E-state index in [2.05, 4.69) is 56.3 Å². The summed E-state index contributed by atoms with van der Waals surface area (Å²) in [6.45, 7) is 5.47. The topological polar surface area (TPSA) is 35.2 Å². The van der Waals surface area contributed by atoms with E-state index < -0.39 is 0 Å². The molecule has 2 aromatic rings. The van der Waals surface area contributed by atoms with E-state index in [1.807, 2.05) is 0 Å². The van der Waals surface area contributed by atoms with Crippen molar-refractivity contribution in [2.45, 2.75) is 26.8 Å². The second kappa shape index (κ2) is 6.39. The maximum absolute atomic E-state index is 5.80. The average Bonchev–Trinajstić information content (AvgIpc) is 2.38. The van der Waals surface area contributed by atoms with Gasteiger partial charge in [-0.2, -0.15) is 0 Å². The molecule has 0 radical (unpaired) electrons. The second-order valence-electron chi connectivity index (χ2n) is 4.94. The summed E-state index contributed by atoms with van der Waals surface area (Å²) in [7, 11) is 0. The quantitative estimate of drug-likeness (QED) is 0.889. The van der Waals surface area contributed by atoms with Crippen molar-refractivity contribution in [2.24, 2.45) is 5.73 Å². The highest BCUT2D eigenvalue weighted by atomic mass is 16.5.